The first-order valence-electron chi connectivity index (χ1n) is 6.55. The van der Waals surface area contributed by atoms with E-state index < -0.39 is 0 Å². The Labute approximate surface area is 107 Å². The normalized spacial score (nSPS) is 24.3. The zero-order valence-corrected chi connectivity index (χ0v) is 10.9. The molecule has 1 N–H and O–H groups in total. The number of hydrogen-bond donors (Lipinski definition) is 1. The third kappa shape index (κ3) is 1.89. The monoisotopic (exact) mass is 245 g/mol. The van der Waals surface area contributed by atoms with Gasteiger partial charge < -0.3 is 14.5 Å². The second-order valence-electron chi connectivity index (χ2n) is 5.13. The van der Waals surface area contributed by atoms with Gasteiger partial charge in [0, 0.05) is 10.9 Å². The van der Waals surface area contributed by atoms with Crippen LogP contribution in [0.2, 0.25) is 0 Å². The van der Waals surface area contributed by atoms with Crippen LogP contribution in [0.4, 0.5) is 0 Å². The molecule has 0 unspecified atom stereocenters. The van der Waals surface area contributed by atoms with Crippen LogP contribution in [0, 0.1) is 5.92 Å². The average molecular weight is 245 g/mol. The number of benzene rings is 1. The lowest BCUT2D eigenvalue weighted by Gasteiger charge is -2.30. The number of hydrogen-bond acceptors (Lipinski definition) is 3. The summed E-state index contributed by atoms with van der Waals surface area (Å²) in [7, 11) is 1.72. The van der Waals surface area contributed by atoms with Gasteiger partial charge in [0.2, 0.25) is 0 Å². The standard InChI is InChI=1S/C15H19NO2/c1-10-9-16-5-3-13(10)14-8-12(17-2)7-11-4-6-18-15(11)14/h4,6-8,10,13,16H,3,5,9H2,1-2H3/t10-,13-/m1/s1. The molecular formula is C15H19NO2. The molecule has 0 spiro atoms. The van der Waals surface area contributed by atoms with Crippen molar-refractivity contribution >= 4 is 11.0 Å². The predicted molar refractivity (Wildman–Crippen MR) is 72.2 cm³/mol. The van der Waals surface area contributed by atoms with Crippen LogP contribution in [0.25, 0.3) is 11.0 Å². The Hall–Kier alpha value is -1.48. The van der Waals surface area contributed by atoms with E-state index in [1.807, 2.05) is 12.1 Å². The summed E-state index contributed by atoms with van der Waals surface area (Å²) in [5.41, 5.74) is 2.32. The minimum absolute atomic E-state index is 0.551. The topological polar surface area (TPSA) is 34.4 Å². The smallest absolute Gasteiger partial charge is 0.137 e. The maximum Gasteiger partial charge on any atom is 0.137 e. The van der Waals surface area contributed by atoms with Crippen LogP contribution in [-0.4, -0.2) is 20.2 Å². The van der Waals surface area contributed by atoms with Gasteiger partial charge in [-0.3, -0.25) is 0 Å². The lowest BCUT2D eigenvalue weighted by Crippen LogP contribution is -2.33. The van der Waals surface area contributed by atoms with E-state index in [1.54, 1.807) is 13.4 Å². The molecule has 0 aliphatic carbocycles. The number of piperidine rings is 1. The van der Waals surface area contributed by atoms with Gasteiger partial charge in [-0.15, -0.1) is 0 Å². The molecule has 1 aromatic heterocycles. The molecule has 3 nitrogen and oxygen atoms in total. The first kappa shape index (κ1) is 11.6. The lowest BCUT2D eigenvalue weighted by molar-refractivity contribution is 0.347. The van der Waals surface area contributed by atoms with Crippen LogP contribution in [0.5, 0.6) is 5.75 Å². The van der Waals surface area contributed by atoms with Crippen molar-refractivity contribution in [3.63, 3.8) is 0 Å². The second-order valence-corrected chi connectivity index (χ2v) is 5.13. The zero-order valence-electron chi connectivity index (χ0n) is 10.9. The minimum atomic E-state index is 0.551. The Morgan fingerprint density at radius 1 is 1.39 bits per heavy atom. The van der Waals surface area contributed by atoms with Crippen molar-refractivity contribution < 1.29 is 9.15 Å². The molecule has 0 radical (unpaired) electrons. The Kier molecular flexibility index (Phi) is 3.00. The van der Waals surface area contributed by atoms with E-state index in [2.05, 4.69) is 18.3 Å². The van der Waals surface area contributed by atoms with Crippen LogP contribution >= 0.6 is 0 Å². The van der Waals surface area contributed by atoms with Crippen molar-refractivity contribution in [1.82, 2.24) is 5.32 Å². The van der Waals surface area contributed by atoms with Gasteiger partial charge in [-0.05, 0) is 49.5 Å². The molecular weight excluding hydrogens is 226 g/mol. The molecule has 0 amide bonds. The van der Waals surface area contributed by atoms with Crippen molar-refractivity contribution in [2.45, 2.75) is 19.3 Å². The molecule has 18 heavy (non-hydrogen) atoms. The van der Waals surface area contributed by atoms with E-state index in [-0.39, 0.29) is 0 Å². The van der Waals surface area contributed by atoms with E-state index in [0.29, 0.717) is 11.8 Å². The summed E-state index contributed by atoms with van der Waals surface area (Å²) >= 11 is 0. The Morgan fingerprint density at radius 2 is 2.28 bits per heavy atom. The Morgan fingerprint density at radius 3 is 3.06 bits per heavy atom. The first-order valence-corrected chi connectivity index (χ1v) is 6.55. The molecule has 2 aromatic rings. The van der Waals surface area contributed by atoms with Gasteiger partial charge >= 0.3 is 0 Å². The molecule has 3 heteroatoms. The van der Waals surface area contributed by atoms with Gasteiger partial charge in [-0.2, -0.15) is 0 Å². The van der Waals surface area contributed by atoms with Crippen LogP contribution in [0.3, 0.4) is 0 Å². The predicted octanol–water partition coefficient (Wildman–Crippen LogP) is 3.15. The molecule has 2 atom stereocenters. The second kappa shape index (κ2) is 4.65. The lowest BCUT2D eigenvalue weighted by atomic mass is 9.81. The summed E-state index contributed by atoms with van der Waals surface area (Å²) in [6.45, 7) is 4.45. The van der Waals surface area contributed by atoms with E-state index in [0.717, 1.165) is 36.2 Å². The fourth-order valence-electron chi connectivity index (χ4n) is 2.95. The van der Waals surface area contributed by atoms with Crippen molar-refractivity contribution in [3.8, 4) is 5.75 Å². The number of ether oxygens (including phenoxy) is 1. The summed E-state index contributed by atoms with van der Waals surface area (Å²) < 4.78 is 11.1. The highest BCUT2D eigenvalue weighted by atomic mass is 16.5. The first-order chi connectivity index (χ1) is 8.79. The highest BCUT2D eigenvalue weighted by Crippen LogP contribution is 2.37. The van der Waals surface area contributed by atoms with Gasteiger partial charge in [0.1, 0.15) is 11.3 Å². The molecule has 1 aromatic carbocycles. The number of furan rings is 1. The van der Waals surface area contributed by atoms with Crippen LogP contribution in [-0.2, 0) is 0 Å². The van der Waals surface area contributed by atoms with Crippen LogP contribution < -0.4 is 10.1 Å². The number of nitrogens with one attached hydrogen (secondary N) is 1. The SMILES string of the molecule is COc1cc([C@@H]2CCNC[C@H]2C)c2occc2c1. The van der Waals surface area contributed by atoms with Gasteiger partial charge in [0.15, 0.2) is 0 Å². The molecule has 0 bridgehead atoms. The summed E-state index contributed by atoms with van der Waals surface area (Å²) in [4.78, 5) is 0. The van der Waals surface area contributed by atoms with E-state index in [1.165, 1.54) is 5.56 Å². The quantitative estimate of drug-likeness (QED) is 0.882. The number of methoxy groups -OCH3 is 1. The molecule has 1 saturated heterocycles. The number of rotatable bonds is 2. The highest BCUT2D eigenvalue weighted by Gasteiger charge is 2.26. The summed E-state index contributed by atoms with van der Waals surface area (Å²) in [6.07, 6.45) is 2.92. The van der Waals surface area contributed by atoms with Crippen molar-refractivity contribution in [2.75, 3.05) is 20.2 Å². The van der Waals surface area contributed by atoms with Crippen molar-refractivity contribution in [2.24, 2.45) is 5.92 Å². The largest absolute Gasteiger partial charge is 0.497 e. The summed E-state index contributed by atoms with van der Waals surface area (Å²) in [5, 5.41) is 4.58. The Balaban J connectivity index is 2.10. The number of fused-ring (bicyclic) bond motifs is 1. The van der Waals surface area contributed by atoms with E-state index >= 15 is 0 Å². The van der Waals surface area contributed by atoms with Crippen LogP contribution in [0.15, 0.2) is 28.9 Å². The zero-order chi connectivity index (χ0) is 12.5. The summed E-state index contributed by atoms with van der Waals surface area (Å²) in [5.74, 6) is 2.10. The molecule has 1 fully saturated rings. The van der Waals surface area contributed by atoms with Gasteiger partial charge in [-0.25, -0.2) is 0 Å². The van der Waals surface area contributed by atoms with Crippen molar-refractivity contribution in [3.05, 3.63) is 30.0 Å². The third-order valence-corrected chi connectivity index (χ3v) is 3.97. The Bertz CT molecular complexity index is 546. The summed E-state index contributed by atoms with van der Waals surface area (Å²) in [6, 6.07) is 6.18. The average Bonchev–Trinajstić information content (AvgIpc) is 2.86. The molecule has 96 valence electrons. The van der Waals surface area contributed by atoms with Gasteiger partial charge in [0.05, 0.1) is 13.4 Å². The van der Waals surface area contributed by atoms with Gasteiger partial charge in [0.25, 0.3) is 0 Å². The van der Waals surface area contributed by atoms with Crippen molar-refractivity contribution in [1.29, 1.82) is 0 Å². The third-order valence-electron chi connectivity index (χ3n) is 3.97. The maximum atomic E-state index is 5.67. The fourth-order valence-corrected chi connectivity index (χ4v) is 2.95. The fraction of sp³-hybridized carbons (Fsp3) is 0.467. The molecule has 2 heterocycles. The molecule has 1 aliphatic rings. The highest BCUT2D eigenvalue weighted by molar-refractivity contribution is 5.82. The van der Waals surface area contributed by atoms with E-state index in [4.69, 9.17) is 9.15 Å². The molecule has 1 aliphatic heterocycles. The van der Waals surface area contributed by atoms with Crippen LogP contribution in [0.1, 0.15) is 24.8 Å². The molecule has 3 rings (SSSR count). The maximum absolute atomic E-state index is 5.67. The van der Waals surface area contributed by atoms with Gasteiger partial charge in [-0.1, -0.05) is 6.92 Å². The van der Waals surface area contributed by atoms with E-state index in [9.17, 15) is 0 Å². The minimum Gasteiger partial charge on any atom is -0.497 e. The molecule has 0 saturated carbocycles.